The van der Waals surface area contributed by atoms with E-state index in [1.807, 2.05) is 60.7 Å². The maximum Gasteiger partial charge on any atom is 0.319 e. The Labute approximate surface area is 142 Å². The van der Waals surface area contributed by atoms with Gasteiger partial charge >= 0.3 is 6.03 Å². The van der Waals surface area contributed by atoms with Crippen LogP contribution in [0, 0.1) is 0 Å². The number of anilines is 1. The number of hydrogen-bond donors (Lipinski definition) is 2. The third-order valence-corrected chi connectivity index (χ3v) is 3.66. The molecule has 3 amide bonds. The molecule has 0 unspecified atom stereocenters. The second kappa shape index (κ2) is 9.35. The predicted molar refractivity (Wildman–Crippen MR) is 95.9 cm³/mol. The number of nitrogens with zero attached hydrogens (tertiary/aromatic N) is 1. The van der Waals surface area contributed by atoms with Gasteiger partial charge in [0.05, 0.1) is 0 Å². The molecule has 0 aliphatic heterocycles. The van der Waals surface area contributed by atoms with Gasteiger partial charge in [0.15, 0.2) is 0 Å². The Morgan fingerprint density at radius 1 is 0.917 bits per heavy atom. The number of carbonyl (C=O) groups excluding carboxylic acids is 2. The van der Waals surface area contributed by atoms with Crippen LogP contribution in [0.4, 0.5) is 10.5 Å². The van der Waals surface area contributed by atoms with Crippen molar-refractivity contribution < 1.29 is 9.59 Å². The number of para-hydroxylation sites is 1. The van der Waals surface area contributed by atoms with Gasteiger partial charge in [0, 0.05) is 32.2 Å². The van der Waals surface area contributed by atoms with E-state index in [4.69, 9.17) is 0 Å². The Morgan fingerprint density at radius 3 is 2.17 bits per heavy atom. The summed E-state index contributed by atoms with van der Waals surface area (Å²) in [6.07, 6.45) is 0.802. The monoisotopic (exact) mass is 325 g/mol. The first-order valence-electron chi connectivity index (χ1n) is 8.04. The van der Waals surface area contributed by atoms with Crippen LogP contribution in [0.15, 0.2) is 60.7 Å². The lowest BCUT2D eigenvalue weighted by Crippen LogP contribution is -2.39. The van der Waals surface area contributed by atoms with Crippen molar-refractivity contribution in [2.24, 2.45) is 0 Å². The fraction of sp³-hybridized carbons (Fsp3) is 0.263. The van der Waals surface area contributed by atoms with Crippen LogP contribution in [0.5, 0.6) is 0 Å². The quantitative estimate of drug-likeness (QED) is 0.822. The minimum atomic E-state index is -0.271. The maximum atomic E-state index is 11.8. The molecular weight excluding hydrogens is 302 g/mol. The van der Waals surface area contributed by atoms with Crippen LogP contribution in [0.3, 0.4) is 0 Å². The highest BCUT2D eigenvalue weighted by atomic mass is 16.2. The van der Waals surface area contributed by atoms with Gasteiger partial charge in [0.2, 0.25) is 5.91 Å². The van der Waals surface area contributed by atoms with E-state index in [0.29, 0.717) is 19.6 Å². The van der Waals surface area contributed by atoms with E-state index in [1.165, 1.54) is 5.56 Å². The molecule has 126 valence electrons. The second-order valence-corrected chi connectivity index (χ2v) is 5.49. The molecule has 0 bridgehead atoms. The van der Waals surface area contributed by atoms with Gasteiger partial charge in [-0.1, -0.05) is 48.5 Å². The van der Waals surface area contributed by atoms with Crippen LogP contribution < -0.4 is 10.6 Å². The fourth-order valence-corrected chi connectivity index (χ4v) is 2.34. The topological polar surface area (TPSA) is 61.4 Å². The van der Waals surface area contributed by atoms with Crippen molar-refractivity contribution in [1.29, 1.82) is 0 Å². The van der Waals surface area contributed by atoms with E-state index in [0.717, 1.165) is 12.1 Å². The number of carbonyl (C=O) groups is 2. The van der Waals surface area contributed by atoms with Crippen LogP contribution in [0.2, 0.25) is 0 Å². The van der Waals surface area contributed by atoms with E-state index >= 15 is 0 Å². The van der Waals surface area contributed by atoms with Crippen LogP contribution >= 0.6 is 0 Å². The molecule has 5 nitrogen and oxygen atoms in total. The Balaban J connectivity index is 1.73. The first kappa shape index (κ1) is 17.5. The molecule has 0 saturated carbocycles. The molecule has 0 spiro atoms. The highest BCUT2D eigenvalue weighted by Gasteiger charge is 2.09. The number of nitrogens with one attached hydrogen (secondary N) is 2. The molecule has 0 aliphatic carbocycles. The summed E-state index contributed by atoms with van der Waals surface area (Å²) < 4.78 is 0. The molecule has 0 aliphatic rings. The van der Waals surface area contributed by atoms with Gasteiger partial charge in [-0.05, 0) is 24.1 Å². The number of rotatable bonds is 7. The number of hydrogen-bond acceptors (Lipinski definition) is 2. The summed E-state index contributed by atoms with van der Waals surface area (Å²) in [4.78, 5) is 25.3. The zero-order chi connectivity index (χ0) is 17.2. The number of amides is 3. The number of urea groups is 1. The lowest BCUT2D eigenvalue weighted by Gasteiger charge is -2.21. The Kier molecular flexibility index (Phi) is 6.83. The van der Waals surface area contributed by atoms with E-state index in [9.17, 15) is 9.59 Å². The molecular formula is C19H23N3O2. The average Bonchev–Trinajstić information content (AvgIpc) is 2.59. The Bertz CT molecular complexity index is 644. The van der Waals surface area contributed by atoms with E-state index < -0.39 is 0 Å². The molecule has 2 aromatic carbocycles. The Hall–Kier alpha value is -2.82. The summed E-state index contributed by atoms with van der Waals surface area (Å²) in [6.45, 7) is 3.09. The average molecular weight is 325 g/mol. The molecule has 0 atom stereocenters. The first-order chi connectivity index (χ1) is 11.6. The zero-order valence-corrected chi connectivity index (χ0v) is 13.9. The highest BCUT2D eigenvalue weighted by Crippen LogP contribution is 2.04. The van der Waals surface area contributed by atoms with Crippen LogP contribution in [0.1, 0.15) is 12.5 Å². The lowest BCUT2D eigenvalue weighted by atomic mass is 10.1. The van der Waals surface area contributed by atoms with Crippen molar-refractivity contribution in [3.63, 3.8) is 0 Å². The molecule has 0 aromatic heterocycles. The van der Waals surface area contributed by atoms with Gasteiger partial charge in [-0.2, -0.15) is 0 Å². The largest absolute Gasteiger partial charge is 0.341 e. The molecule has 0 fully saturated rings. The Morgan fingerprint density at radius 2 is 1.54 bits per heavy atom. The van der Waals surface area contributed by atoms with Gasteiger partial charge < -0.3 is 15.5 Å². The van der Waals surface area contributed by atoms with Crippen molar-refractivity contribution in [3.8, 4) is 0 Å². The lowest BCUT2D eigenvalue weighted by molar-refractivity contribution is -0.128. The first-order valence-corrected chi connectivity index (χ1v) is 8.04. The summed E-state index contributed by atoms with van der Waals surface area (Å²) in [5, 5.41) is 5.52. The SMILES string of the molecule is CC(=O)N(CCNC(=O)Nc1ccccc1)CCc1ccccc1. The normalized spacial score (nSPS) is 10.0. The van der Waals surface area contributed by atoms with Crippen molar-refractivity contribution >= 4 is 17.6 Å². The smallest absolute Gasteiger partial charge is 0.319 e. The fourth-order valence-electron chi connectivity index (χ4n) is 2.34. The van der Waals surface area contributed by atoms with E-state index in [1.54, 1.807) is 11.8 Å². The number of benzene rings is 2. The van der Waals surface area contributed by atoms with E-state index in [-0.39, 0.29) is 11.9 Å². The van der Waals surface area contributed by atoms with Gasteiger partial charge in [-0.15, -0.1) is 0 Å². The molecule has 5 heteroatoms. The summed E-state index contributed by atoms with van der Waals surface area (Å²) in [7, 11) is 0. The maximum absolute atomic E-state index is 11.8. The predicted octanol–water partition coefficient (Wildman–Crippen LogP) is 2.90. The van der Waals surface area contributed by atoms with Crippen molar-refractivity contribution in [3.05, 3.63) is 66.2 Å². The van der Waals surface area contributed by atoms with Gasteiger partial charge in [0.25, 0.3) is 0 Å². The molecule has 0 heterocycles. The van der Waals surface area contributed by atoms with Crippen molar-refractivity contribution in [2.45, 2.75) is 13.3 Å². The molecule has 24 heavy (non-hydrogen) atoms. The van der Waals surface area contributed by atoms with Gasteiger partial charge in [-0.25, -0.2) is 4.79 Å². The van der Waals surface area contributed by atoms with Crippen LogP contribution in [0.25, 0.3) is 0 Å². The van der Waals surface area contributed by atoms with Gasteiger partial charge in [0.1, 0.15) is 0 Å². The molecule has 0 radical (unpaired) electrons. The second-order valence-electron chi connectivity index (χ2n) is 5.49. The molecule has 2 aromatic rings. The van der Waals surface area contributed by atoms with Gasteiger partial charge in [-0.3, -0.25) is 4.79 Å². The summed E-state index contributed by atoms with van der Waals surface area (Å²) in [5.41, 5.74) is 1.93. The third-order valence-electron chi connectivity index (χ3n) is 3.66. The van der Waals surface area contributed by atoms with Crippen LogP contribution in [-0.4, -0.2) is 36.5 Å². The highest BCUT2D eigenvalue weighted by molar-refractivity contribution is 5.89. The summed E-state index contributed by atoms with van der Waals surface area (Å²) in [6, 6.07) is 19.0. The zero-order valence-electron chi connectivity index (χ0n) is 13.9. The summed E-state index contributed by atoms with van der Waals surface area (Å²) in [5.74, 6) is 0.0104. The van der Waals surface area contributed by atoms with E-state index in [2.05, 4.69) is 10.6 Å². The van der Waals surface area contributed by atoms with Crippen molar-refractivity contribution in [2.75, 3.05) is 25.0 Å². The summed E-state index contributed by atoms with van der Waals surface area (Å²) >= 11 is 0. The standard InChI is InChI=1S/C19H23N3O2/c1-16(23)22(14-12-17-8-4-2-5-9-17)15-13-20-19(24)21-18-10-6-3-7-11-18/h2-11H,12-15H2,1H3,(H2,20,21,24). The van der Waals surface area contributed by atoms with Crippen LogP contribution in [-0.2, 0) is 11.2 Å². The molecule has 0 saturated heterocycles. The minimum Gasteiger partial charge on any atom is -0.341 e. The molecule has 2 N–H and O–H groups in total. The third kappa shape index (κ3) is 6.12. The minimum absolute atomic E-state index is 0.0104. The van der Waals surface area contributed by atoms with Crippen molar-refractivity contribution in [1.82, 2.24) is 10.2 Å². The molecule has 2 rings (SSSR count).